The number of nitrogens with zero attached hydrogens (tertiary/aromatic N) is 5. The van der Waals surface area contributed by atoms with Gasteiger partial charge in [-0.25, -0.2) is 0 Å². The molecule has 0 spiro atoms. The number of fused-ring (bicyclic) bond motifs is 1. The fourth-order valence-corrected chi connectivity index (χ4v) is 3.38. The Morgan fingerprint density at radius 3 is 2.68 bits per heavy atom. The number of hydrogen-bond donors (Lipinski definition) is 1. The number of guanidine groups is 1. The van der Waals surface area contributed by atoms with Gasteiger partial charge < -0.3 is 15.0 Å². The number of benzene rings is 1. The van der Waals surface area contributed by atoms with Crippen molar-refractivity contribution >= 4 is 35.6 Å². The summed E-state index contributed by atoms with van der Waals surface area (Å²) in [7, 11) is 2.04. The monoisotopic (exact) mass is 536 g/mol. The molecule has 0 unspecified atom stereocenters. The minimum atomic E-state index is 0. The number of ether oxygens (including phenoxy) is 1. The maximum absolute atomic E-state index is 5.94. The lowest BCUT2D eigenvalue weighted by atomic mass is 10.1. The average molecular weight is 536 g/mol. The van der Waals surface area contributed by atoms with E-state index in [-0.39, 0.29) is 24.0 Å². The van der Waals surface area contributed by atoms with E-state index in [9.17, 15) is 0 Å². The Labute approximate surface area is 201 Å². The van der Waals surface area contributed by atoms with Gasteiger partial charge in [0.15, 0.2) is 11.6 Å². The van der Waals surface area contributed by atoms with E-state index in [1.54, 1.807) is 0 Å². The first-order chi connectivity index (χ1) is 14.6. The second kappa shape index (κ2) is 12.5. The van der Waals surface area contributed by atoms with Crippen molar-refractivity contribution in [3.63, 3.8) is 0 Å². The molecule has 0 fully saturated rings. The third kappa shape index (κ3) is 7.37. The predicted octanol–water partition coefficient (Wildman–Crippen LogP) is 3.87. The van der Waals surface area contributed by atoms with E-state index in [0.29, 0.717) is 6.61 Å². The molecule has 0 radical (unpaired) electrons. The summed E-state index contributed by atoms with van der Waals surface area (Å²) in [5.41, 5.74) is 3.32. The van der Waals surface area contributed by atoms with Crippen molar-refractivity contribution in [3.8, 4) is 5.75 Å². The summed E-state index contributed by atoms with van der Waals surface area (Å²) < 4.78 is 7.97. The number of halogens is 1. The Bertz CT molecular complexity index is 967. The Balaban J connectivity index is 0.00000341. The molecule has 3 aromatic rings. The fraction of sp³-hybridized carbons (Fsp3) is 0.435. The summed E-state index contributed by atoms with van der Waals surface area (Å²) in [6.45, 7) is 9.18. The molecule has 3 rings (SSSR count). The number of hydrogen-bond acceptors (Lipinski definition) is 4. The second-order valence-corrected chi connectivity index (χ2v) is 7.48. The van der Waals surface area contributed by atoms with E-state index in [0.717, 1.165) is 55.7 Å². The zero-order valence-electron chi connectivity index (χ0n) is 18.8. The van der Waals surface area contributed by atoms with Gasteiger partial charge in [0.05, 0.1) is 6.54 Å². The van der Waals surface area contributed by atoms with E-state index < -0.39 is 0 Å². The van der Waals surface area contributed by atoms with E-state index >= 15 is 0 Å². The van der Waals surface area contributed by atoms with E-state index in [1.165, 1.54) is 11.1 Å². The molecule has 0 amide bonds. The van der Waals surface area contributed by atoms with Crippen molar-refractivity contribution in [2.45, 2.75) is 33.6 Å². The number of nitrogens with one attached hydrogen (secondary N) is 1. The Morgan fingerprint density at radius 1 is 1.16 bits per heavy atom. The van der Waals surface area contributed by atoms with Crippen molar-refractivity contribution in [1.82, 2.24) is 24.8 Å². The highest BCUT2D eigenvalue weighted by molar-refractivity contribution is 14.0. The van der Waals surface area contributed by atoms with Crippen LogP contribution in [-0.4, -0.2) is 58.7 Å². The highest BCUT2D eigenvalue weighted by Gasteiger charge is 2.07. The zero-order chi connectivity index (χ0) is 21.3. The molecule has 0 saturated carbocycles. The first-order valence-corrected chi connectivity index (χ1v) is 10.6. The summed E-state index contributed by atoms with van der Waals surface area (Å²) in [4.78, 5) is 6.87. The van der Waals surface area contributed by atoms with Crippen LogP contribution in [0.15, 0.2) is 47.6 Å². The minimum absolute atomic E-state index is 0. The first kappa shape index (κ1) is 24.9. The zero-order valence-corrected chi connectivity index (χ0v) is 21.2. The van der Waals surface area contributed by atoms with Gasteiger partial charge in [0.1, 0.15) is 18.2 Å². The molecular weight excluding hydrogens is 503 g/mol. The molecule has 0 atom stereocenters. The van der Waals surface area contributed by atoms with Crippen molar-refractivity contribution < 1.29 is 4.74 Å². The molecule has 0 bridgehead atoms. The van der Waals surface area contributed by atoms with E-state index in [1.807, 2.05) is 35.8 Å². The van der Waals surface area contributed by atoms with Crippen LogP contribution in [0.5, 0.6) is 5.75 Å². The van der Waals surface area contributed by atoms with Crippen molar-refractivity contribution in [2.75, 3.05) is 33.3 Å². The number of rotatable bonds is 9. The number of aliphatic imine (C=N–C) groups is 1. The van der Waals surface area contributed by atoms with Crippen LogP contribution in [0.3, 0.4) is 0 Å². The van der Waals surface area contributed by atoms with Gasteiger partial charge in [0, 0.05) is 32.8 Å². The van der Waals surface area contributed by atoms with Gasteiger partial charge in [-0.15, -0.1) is 34.2 Å². The Kier molecular flexibility index (Phi) is 10.0. The summed E-state index contributed by atoms with van der Waals surface area (Å²) in [5.74, 6) is 2.79. The number of aromatic nitrogens is 3. The van der Waals surface area contributed by atoms with Gasteiger partial charge in [0.25, 0.3) is 0 Å². The lowest BCUT2D eigenvalue weighted by Gasteiger charge is -2.22. The van der Waals surface area contributed by atoms with Crippen LogP contribution in [0.4, 0.5) is 0 Å². The maximum Gasteiger partial charge on any atom is 0.193 e. The molecule has 1 N–H and O–H groups in total. The highest BCUT2D eigenvalue weighted by atomic mass is 127. The normalized spacial score (nSPS) is 11.3. The van der Waals surface area contributed by atoms with Crippen LogP contribution in [0, 0.1) is 13.8 Å². The maximum atomic E-state index is 5.94. The summed E-state index contributed by atoms with van der Waals surface area (Å²) in [6, 6.07) is 12.2. The molecule has 2 heterocycles. The summed E-state index contributed by atoms with van der Waals surface area (Å²) >= 11 is 0. The number of pyridine rings is 1. The third-order valence-corrected chi connectivity index (χ3v) is 4.79. The van der Waals surface area contributed by atoms with Gasteiger partial charge in [-0.05, 0) is 62.6 Å². The highest BCUT2D eigenvalue weighted by Crippen LogP contribution is 2.16. The Hall–Kier alpha value is -2.36. The van der Waals surface area contributed by atoms with Crippen LogP contribution in [0.2, 0.25) is 0 Å². The lowest BCUT2D eigenvalue weighted by Crippen LogP contribution is -2.41. The van der Waals surface area contributed by atoms with Crippen molar-refractivity contribution in [3.05, 3.63) is 59.5 Å². The summed E-state index contributed by atoms with van der Waals surface area (Å²) in [6.07, 6.45) is 3.76. The van der Waals surface area contributed by atoms with Gasteiger partial charge in [0.2, 0.25) is 0 Å². The molecule has 8 heteroatoms. The fourth-order valence-electron chi connectivity index (χ4n) is 3.38. The van der Waals surface area contributed by atoms with E-state index in [2.05, 4.69) is 59.4 Å². The second-order valence-electron chi connectivity index (χ2n) is 7.48. The van der Waals surface area contributed by atoms with Crippen LogP contribution < -0.4 is 10.1 Å². The molecule has 7 nitrogen and oxygen atoms in total. The molecule has 31 heavy (non-hydrogen) atoms. The molecule has 0 saturated heterocycles. The quantitative estimate of drug-likeness (QED) is 0.195. The molecule has 0 aliphatic rings. The van der Waals surface area contributed by atoms with E-state index in [4.69, 9.17) is 9.73 Å². The predicted molar refractivity (Wildman–Crippen MR) is 137 cm³/mol. The van der Waals surface area contributed by atoms with Crippen LogP contribution >= 0.6 is 24.0 Å². The minimum Gasteiger partial charge on any atom is -0.492 e. The molecule has 0 aliphatic heterocycles. The number of likely N-dealkylation sites (N-methyl/N-ethyl adjacent to an activating group) is 1. The molecular formula is C23H33IN6O. The molecule has 2 aromatic heterocycles. The largest absolute Gasteiger partial charge is 0.492 e. The SMILES string of the molecule is CCNC(=NCCCc1nnc2ccccn12)N(C)CCOc1cc(C)cc(C)c1.I. The summed E-state index contributed by atoms with van der Waals surface area (Å²) in [5, 5.41) is 11.8. The number of aryl methyl sites for hydroxylation is 3. The van der Waals surface area contributed by atoms with Gasteiger partial charge in [-0.2, -0.15) is 0 Å². The van der Waals surface area contributed by atoms with Crippen LogP contribution in [0.1, 0.15) is 30.3 Å². The van der Waals surface area contributed by atoms with Gasteiger partial charge in [-0.3, -0.25) is 9.39 Å². The molecule has 168 valence electrons. The molecule has 1 aromatic carbocycles. The van der Waals surface area contributed by atoms with Crippen LogP contribution in [-0.2, 0) is 6.42 Å². The van der Waals surface area contributed by atoms with Crippen molar-refractivity contribution in [1.29, 1.82) is 0 Å². The smallest absolute Gasteiger partial charge is 0.193 e. The van der Waals surface area contributed by atoms with Crippen LogP contribution in [0.25, 0.3) is 5.65 Å². The Morgan fingerprint density at radius 2 is 1.94 bits per heavy atom. The topological polar surface area (TPSA) is 67.0 Å². The lowest BCUT2D eigenvalue weighted by molar-refractivity contribution is 0.281. The average Bonchev–Trinajstić information content (AvgIpc) is 3.12. The third-order valence-electron chi connectivity index (χ3n) is 4.79. The molecule has 0 aliphatic carbocycles. The van der Waals surface area contributed by atoms with Crippen molar-refractivity contribution in [2.24, 2.45) is 4.99 Å². The van der Waals surface area contributed by atoms with Gasteiger partial charge in [-0.1, -0.05) is 12.1 Å². The van der Waals surface area contributed by atoms with Gasteiger partial charge >= 0.3 is 0 Å². The standard InChI is InChI=1S/C23H32N6O.HI/c1-5-24-23(28(4)13-14-30-20-16-18(2)15-19(3)17-20)25-11-8-10-22-27-26-21-9-6-7-12-29(21)22;/h6-7,9,12,15-17H,5,8,10-11,13-14H2,1-4H3,(H,24,25);1H. The first-order valence-electron chi connectivity index (χ1n) is 10.6.